The van der Waals surface area contributed by atoms with Crippen LogP contribution in [0.1, 0.15) is 44.4 Å². The van der Waals surface area contributed by atoms with Crippen molar-refractivity contribution in [2.45, 2.75) is 39.5 Å². The topological polar surface area (TPSA) is 79.5 Å². The molecule has 2 aromatic rings. The van der Waals surface area contributed by atoms with E-state index in [1.807, 2.05) is 6.07 Å². The first kappa shape index (κ1) is 22.0. The van der Waals surface area contributed by atoms with E-state index in [-0.39, 0.29) is 11.0 Å². The van der Waals surface area contributed by atoms with Crippen molar-refractivity contribution in [3.8, 4) is 17.6 Å². The number of nitriles is 1. The number of hydrogen-bond donors (Lipinski definition) is 1. The molecule has 0 aliphatic carbocycles. The van der Waals surface area contributed by atoms with Gasteiger partial charge in [0, 0.05) is 0 Å². The van der Waals surface area contributed by atoms with Gasteiger partial charge >= 0.3 is 5.97 Å². The minimum absolute atomic E-state index is 0.0110. The fraction of sp³-hybridized carbons (Fsp3) is 0.333. The van der Waals surface area contributed by atoms with E-state index in [4.69, 9.17) is 19.8 Å². The van der Waals surface area contributed by atoms with Crippen molar-refractivity contribution in [2.24, 2.45) is 0 Å². The molecule has 2 rings (SSSR count). The Hall–Kier alpha value is -3.26. The summed E-state index contributed by atoms with van der Waals surface area (Å²) in [4.78, 5) is 10.9. The molecule has 0 aliphatic heterocycles. The molecule has 0 aromatic heterocycles. The second-order valence-corrected chi connectivity index (χ2v) is 7.67. The van der Waals surface area contributed by atoms with Gasteiger partial charge in [0.05, 0.1) is 0 Å². The summed E-state index contributed by atoms with van der Waals surface area (Å²) < 4.78 is 11.7. The van der Waals surface area contributed by atoms with Gasteiger partial charge in [-0.2, -0.15) is 5.26 Å². The molecule has 0 spiro atoms. The Bertz CT molecular complexity index is 915. The molecular weight excluding hydrogens is 366 g/mol. The van der Waals surface area contributed by atoms with E-state index in [9.17, 15) is 4.79 Å². The van der Waals surface area contributed by atoms with E-state index in [1.165, 1.54) is 17.2 Å². The maximum absolute atomic E-state index is 10.9. The molecule has 152 valence electrons. The van der Waals surface area contributed by atoms with E-state index >= 15 is 0 Å². The molecule has 29 heavy (non-hydrogen) atoms. The van der Waals surface area contributed by atoms with Crippen molar-refractivity contribution in [3.63, 3.8) is 0 Å². The average Bonchev–Trinajstić information content (AvgIpc) is 2.69. The number of rotatable bonds is 8. The van der Waals surface area contributed by atoms with Crippen molar-refractivity contribution in [1.29, 1.82) is 5.26 Å². The number of hydrogen-bond acceptors (Lipinski definition) is 4. The molecule has 5 heteroatoms. The third kappa shape index (κ3) is 6.39. The fourth-order valence-corrected chi connectivity index (χ4v) is 2.79. The van der Waals surface area contributed by atoms with Gasteiger partial charge in [-0.3, -0.25) is 0 Å². The normalized spacial score (nSPS) is 11.6. The number of carboxylic acid groups (broad SMARTS) is 1. The van der Waals surface area contributed by atoms with Gasteiger partial charge in [-0.1, -0.05) is 52.0 Å². The Labute approximate surface area is 172 Å². The van der Waals surface area contributed by atoms with Crippen LogP contribution in [0.25, 0.3) is 6.08 Å². The lowest BCUT2D eigenvalue weighted by Crippen LogP contribution is -2.16. The molecule has 0 heterocycles. The number of aryl methyl sites for hydroxylation is 1. The lowest BCUT2D eigenvalue weighted by atomic mass is 9.85. The van der Waals surface area contributed by atoms with Gasteiger partial charge in [0.1, 0.15) is 36.4 Å². The van der Waals surface area contributed by atoms with Crippen LogP contribution in [-0.4, -0.2) is 24.3 Å². The summed E-state index contributed by atoms with van der Waals surface area (Å²) in [6, 6.07) is 14.9. The highest BCUT2D eigenvalue weighted by atomic mass is 16.5. The zero-order valence-electron chi connectivity index (χ0n) is 17.4. The number of ether oxygens (including phenoxy) is 2. The molecule has 0 saturated carbocycles. The predicted octanol–water partition coefficient (Wildman–Crippen LogP) is 5.00. The Balaban J connectivity index is 1.95. The molecule has 0 radical (unpaired) electrons. The van der Waals surface area contributed by atoms with Gasteiger partial charge in [0.2, 0.25) is 0 Å². The van der Waals surface area contributed by atoms with E-state index in [1.54, 1.807) is 30.3 Å². The largest absolute Gasteiger partial charge is 0.490 e. The molecule has 0 aliphatic rings. The number of carbonyl (C=O) groups is 1. The summed E-state index contributed by atoms with van der Waals surface area (Å²) in [5.41, 5.74) is 2.77. The maximum Gasteiger partial charge on any atom is 0.346 e. The Morgan fingerprint density at radius 1 is 1.10 bits per heavy atom. The van der Waals surface area contributed by atoms with Gasteiger partial charge in [0.15, 0.2) is 0 Å². The van der Waals surface area contributed by atoms with Crippen molar-refractivity contribution < 1.29 is 19.4 Å². The molecule has 0 unspecified atom stereocenters. The van der Waals surface area contributed by atoms with Gasteiger partial charge in [-0.25, -0.2) is 4.79 Å². The third-order valence-corrected chi connectivity index (χ3v) is 4.41. The summed E-state index contributed by atoms with van der Waals surface area (Å²) in [6.45, 7) is 9.44. The zero-order valence-corrected chi connectivity index (χ0v) is 17.4. The number of carboxylic acids is 1. The van der Waals surface area contributed by atoms with Crippen LogP contribution in [0.3, 0.4) is 0 Å². The highest BCUT2D eigenvalue weighted by Gasteiger charge is 2.19. The average molecular weight is 393 g/mol. The SMILES string of the molecule is CCc1ccc(OCCOc2ccc(C=C(C#N)C(=O)O)cc2)c(C(C)(C)C)c1. The minimum atomic E-state index is -1.24. The molecule has 0 amide bonds. The van der Waals surface area contributed by atoms with Crippen LogP contribution in [0, 0.1) is 11.3 Å². The first-order chi connectivity index (χ1) is 13.7. The monoisotopic (exact) mass is 393 g/mol. The van der Waals surface area contributed by atoms with Crippen molar-refractivity contribution in [1.82, 2.24) is 0 Å². The molecule has 1 N–H and O–H groups in total. The lowest BCUT2D eigenvalue weighted by Gasteiger charge is -2.23. The van der Waals surface area contributed by atoms with Gasteiger partial charge in [-0.15, -0.1) is 0 Å². The standard InChI is InChI=1S/C24H27NO4/c1-5-17-8-11-22(21(15-17)24(2,3)4)29-13-12-28-20-9-6-18(7-10-20)14-19(16-25)23(26)27/h6-11,14-15H,5,12-13H2,1-4H3,(H,26,27). The molecular formula is C24H27NO4. The summed E-state index contributed by atoms with van der Waals surface area (Å²) in [6.07, 6.45) is 2.31. The van der Waals surface area contributed by atoms with Gasteiger partial charge in [0.25, 0.3) is 0 Å². The third-order valence-electron chi connectivity index (χ3n) is 4.41. The molecule has 0 fully saturated rings. The number of nitrogens with zero attached hydrogens (tertiary/aromatic N) is 1. The van der Waals surface area contributed by atoms with Crippen LogP contribution in [-0.2, 0) is 16.6 Å². The molecule has 0 saturated heterocycles. The second-order valence-electron chi connectivity index (χ2n) is 7.67. The van der Waals surface area contributed by atoms with Crippen LogP contribution in [0.2, 0.25) is 0 Å². The Morgan fingerprint density at radius 2 is 1.76 bits per heavy atom. The summed E-state index contributed by atoms with van der Waals surface area (Å²) in [5.74, 6) is 0.278. The Morgan fingerprint density at radius 3 is 2.31 bits per heavy atom. The number of benzene rings is 2. The zero-order chi connectivity index (χ0) is 21.4. The van der Waals surface area contributed by atoms with Crippen molar-refractivity contribution in [3.05, 3.63) is 64.7 Å². The summed E-state index contributed by atoms with van der Waals surface area (Å²) in [5, 5.41) is 17.7. The number of aliphatic carboxylic acids is 1. The lowest BCUT2D eigenvalue weighted by molar-refractivity contribution is -0.132. The van der Waals surface area contributed by atoms with E-state index in [0.717, 1.165) is 12.2 Å². The predicted molar refractivity (Wildman–Crippen MR) is 113 cm³/mol. The molecule has 0 atom stereocenters. The van der Waals surface area contributed by atoms with Crippen molar-refractivity contribution in [2.75, 3.05) is 13.2 Å². The molecule has 2 aromatic carbocycles. The van der Waals surface area contributed by atoms with Gasteiger partial charge in [-0.05, 0) is 52.8 Å². The second kappa shape index (κ2) is 9.79. The van der Waals surface area contributed by atoms with Crippen LogP contribution >= 0.6 is 0 Å². The highest BCUT2D eigenvalue weighted by molar-refractivity contribution is 5.96. The first-order valence-corrected chi connectivity index (χ1v) is 9.58. The van der Waals surface area contributed by atoms with Crippen molar-refractivity contribution >= 4 is 12.0 Å². The minimum Gasteiger partial charge on any atom is -0.490 e. The molecule has 0 bridgehead atoms. The Kier molecular flexibility index (Phi) is 7.44. The van der Waals surface area contributed by atoms with E-state index in [2.05, 4.69) is 39.8 Å². The van der Waals surface area contributed by atoms with Crippen LogP contribution < -0.4 is 9.47 Å². The fourth-order valence-electron chi connectivity index (χ4n) is 2.79. The summed E-state index contributed by atoms with van der Waals surface area (Å²) in [7, 11) is 0. The maximum atomic E-state index is 10.9. The quantitative estimate of drug-likeness (QED) is 0.388. The summed E-state index contributed by atoms with van der Waals surface area (Å²) >= 11 is 0. The smallest absolute Gasteiger partial charge is 0.346 e. The van der Waals surface area contributed by atoms with Crippen LogP contribution in [0.4, 0.5) is 0 Å². The van der Waals surface area contributed by atoms with Gasteiger partial charge < -0.3 is 14.6 Å². The van der Waals surface area contributed by atoms with Crippen LogP contribution in [0.5, 0.6) is 11.5 Å². The van der Waals surface area contributed by atoms with E-state index < -0.39 is 5.97 Å². The first-order valence-electron chi connectivity index (χ1n) is 9.58. The highest BCUT2D eigenvalue weighted by Crippen LogP contribution is 2.32. The van der Waals surface area contributed by atoms with E-state index in [0.29, 0.717) is 24.5 Å². The van der Waals surface area contributed by atoms with Crippen LogP contribution in [0.15, 0.2) is 48.0 Å². The molecule has 5 nitrogen and oxygen atoms in total.